The Morgan fingerprint density at radius 1 is 1.45 bits per heavy atom. The van der Waals surface area contributed by atoms with E-state index >= 15 is 0 Å². The molecular weight excluding hydrogens is 250 g/mol. The van der Waals surface area contributed by atoms with Gasteiger partial charge in [-0.25, -0.2) is 0 Å². The summed E-state index contributed by atoms with van der Waals surface area (Å²) in [4.78, 5) is 0. The third-order valence-corrected chi connectivity index (χ3v) is 3.98. The zero-order valence-electron chi connectivity index (χ0n) is 13.6. The molecule has 114 valence electrons. The monoisotopic (exact) mass is 279 g/mol. The molecule has 2 heterocycles. The van der Waals surface area contributed by atoms with Crippen LogP contribution in [0.1, 0.15) is 57.9 Å². The van der Waals surface area contributed by atoms with Gasteiger partial charge >= 0.3 is 0 Å². The highest BCUT2D eigenvalue weighted by Crippen LogP contribution is 2.38. The van der Waals surface area contributed by atoms with Crippen molar-refractivity contribution in [2.75, 3.05) is 19.7 Å². The zero-order valence-corrected chi connectivity index (χ0v) is 13.6. The topological polar surface area (TPSA) is 39.1 Å². The van der Waals surface area contributed by atoms with Gasteiger partial charge in [-0.3, -0.25) is 4.68 Å². The Hall–Kier alpha value is -0.870. The number of nitrogens with one attached hydrogen (secondary N) is 1. The minimum Gasteiger partial charge on any atom is -0.373 e. The summed E-state index contributed by atoms with van der Waals surface area (Å²) in [7, 11) is 2.00. The summed E-state index contributed by atoms with van der Waals surface area (Å²) >= 11 is 0. The molecule has 2 unspecified atom stereocenters. The van der Waals surface area contributed by atoms with Crippen LogP contribution in [-0.2, 0) is 17.2 Å². The first-order valence-corrected chi connectivity index (χ1v) is 7.79. The van der Waals surface area contributed by atoms with Gasteiger partial charge in [-0.2, -0.15) is 5.10 Å². The highest BCUT2D eigenvalue weighted by Gasteiger charge is 2.33. The molecule has 2 rings (SSSR count). The molecule has 0 aliphatic carbocycles. The maximum Gasteiger partial charge on any atom is 0.0898 e. The summed E-state index contributed by atoms with van der Waals surface area (Å²) in [5.41, 5.74) is 2.51. The molecule has 20 heavy (non-hydrogen) atoms. The molecule has 0 saturated carbocycles. The van der Waals surface area contributed by atoms with E-state index in [-0.39, 0.29) is 11.5 Å². The predicted molar refractivity (Wildman–Crippen MR) is 81.9 cm³/mol. The predicted octanol–water partition coefficient (Wildman–Crippen LogP) is 2.79. The Kier molecular flexibility index (Phi) is 4.86. The second kappa shape index (κ2) is 6.27. The Balaban J connectivity index is 2.27. The summed E-state index contributed by atoms with van der Waals surface area (Å²) < 4.78 is 8.06. The van der Waals surface area contributed by atoms with Crippen molar-refractivity contribution >= 4 is 0 Å². The van der Waals surface area contributed by atoms with Crippen LogP contribution in [-0.4, -0.2) is 29.5 Å². The molecule has 4 nitrogen and oxygen atoms in total. The number of hydrogen-bond acceptors (Lipinski definition) is 3. The van der Waals surface area contributed by atoms with E-state index in [1.807, 2.05) is 11.7 Å². The molecule has 0 spiro atoms. The first-order chi connectivity index (χ1) is 9.43. The normalized spacial score (nSPS) is 24.1. The maximum atomic E-state index is 6.13. The van der Waals surface area contributed by atoms with Crippen LogP contribution >= 0.6 is 0 Å². The van der Waals surface area contributed by atoms with E-state index in [9.17, 15) is 0 Å². The molecule has 0 amide bonds. The van der Waals surface area contributed by atoms with E-state index < -0.39 is 0 Å². The molecule has 0 bridgehead atoms. The third kappa shape index (κ3) is 3.41. The molecule has 2 atom stereocenters. The van der Waals surface area contributed by atoms with Gasteiger partial charge in [0.2, 0.25) is 0 Å². The van der Waals surface area contributed by atoms with Crippen LogP contribution < -0.4 is 5.32 Å². The van der Waals surface area contributed by atoms with Gasteiger partial charge < -0.3 is 10.1 Å². The number of nitrogens with zero attached hydrogens (tertiary/aromatic N) is 2. The summed E-state index contributed by atoms with van der Waals surface area (Å²) in [5.74, 6) is 0.550. The Labute approximate surface area is 122 Å². The standard InChI is InChI=1S/C16H29N3O/c1-6-17-10-12-8-7-9-20-14(12)13-11-19(5)18-15(13)16(2,3)4/h11-12,14,17H,6-10H2,1-5H3. The number of hydrogen-bond donors (Lipinski definition) is 1. The molecule has 1 N–H and O–H groups in total. The molecular formula is C16H29N3O. The van der Waals surface area contributed by atoms with Gasteiger partial charge in [-0.1, -0.05) is 27.7 Å². The van der Waals surface area contributed by atoms with Gasteiger partial charge in [-0.05, 0) is 19.4 Å². The molecule has 1 aliphatic rings. The fraction of sp³-hybridized carbons (Fsp3) is 0.812. The van der Waals surface area contributed by atoms with Crippen molar-refractivity contribution in [2.24, 2.45) is 13.0 Å². The smallest absolute Gasteiger partial charge is 0.0898 e. The van der Waals surface area contributed by atoms with Crippen molar-refractivity contribution in [1.82, 2.24) is 15.1 Å². The molecule has 1 fully saturated rings. The van der Waals surface area contributed by atoms with E-state index in [1.54, 1.807) is 0 Å². The van der Waals surface area contributed by atoms with Crippen molar-refractivity contribution in [3.63, 3.8) is 0 Å². The third-order valence-electron chi connectivity index (χ3n) is 3.98. The van der Waals surface area contributed by atoms with Gasteiger partial charge in [0.05, 0.1) is 11.8 Å². The van der Waals surface area contributed by atoms with Crippen LogP contribution in [0, 0.1) is 5.92 Å². The first kappa shape index (κ1) is 15.5. The zero-order chi connectivity index (χ0) is 14.8. The van der Waals surface area contributed by atoms with E-state index in [0.29, 0.717) is 5.92 Å². The minimum absolute atomic E-state index is 0.0557. The van der Waals surface area contributed by atoms with Crippen molar-refractivity contribution in [1.29, 1.82) is 0 Å². The summed E-state index contributed by atoms with van der Waals surface area (Å²) in [6.45, 7) is 11.7. The Bertz CT molecular complexity index is 433. The number of ether oxygens (including phenoxy) is 1. The Morgan fingerprint density at radius 3 is 2.85 bits per heavy atom. The lowest BCUT2D eigenvalue weighted by molar-refractivity contribution is -0.0285. The van der Waals surface area contributed by atoms with Crippen LogP contribution in [0.4, 0.5) is 0 Å². The molecule has 1 aromatic rings. The van der Waals surface area contributed by atoms with Crippen LogP contribution in [0.3, 0.4) is 0 Å². The highest BCUT2D eigenvalue weighted by molar-refractivity contribution is 5.27. The minimum atomic E-state index is 0.0557. The number of aryl methyl sites for hydroxylation is 1. The van der Waals surface area contributed by atoms with Crippen molar-refractivity contribution < 1.29 is 4.74 Å². The van der Waals surface area contributed by atoms with Gasteiger partial charge in [-0.15, -0.1) is 0 Å². The molecule has 1 saturated heterocycles. The largest absolute Gasteiger partial charge is 0.373 e. The summed E-state index contributed by atoms with van der Waals surface area (Å²) in [5, 5.41) is 8.16. The van der Waals surface area contributed by atoms with E-state index in [2.05, 4.69) is 44.3 Å². The lowest BCUT2D eigenvalue weighted by Crippen LogP contribution is -2.32. The second-order valence-electron chi connectivity index (χ2n) is 6.86. The Morgan fingerprint density at radius 2 is 2.20 bits per heavy atom. The maximum absolute atomic E-state index is 6.13. The molecule has 1 aliphatic heterocycles. The average Bonchev–Trinajstić information content (AvgIpc) is 2.79. The van der Waals surface area contributed by atoms with E-state index in [1.165, 1.54) is 17.7 Å². The summed E-state index contributed by atoms with van der Waals surface area (Å²) in [6.07, 6.45) is 4.73. The number of aromatic nitrogens is 2. The van der Waals surface area contributed by atoms with E-state index in [4.69, 9.17) is 4.74 Å². The fourth-order valence-corrected chi connectivity index (χ4v) is 3.02. The van der Waals surface area contributed by atoms with Crippen LogP contribution in [0.2, 0.25) is 0 Å². The quantitative estimate of drug-likeness (QED) is 0.921. The van der Waals surface area contributed by atoms with Crippen molar-refractivity contribution in [3.8, 4) is 0 Å². The SMILES string of the molecule is CCNCC1CCCOC1c1cn(C)nc1C(C)(C)C. The van der Waals surface area contributed by atoms with Gasteiger partial charge in [0.15, 0.2) is 0 Å². The van der Waals surface area contributed by atoms with E-state index in [0.717, 1.165) is 26.1 Å². The van der Waals surface area contributed by atoms with Crippen molar-refractivity contribution in [2.45, 2.75) is 52.1 Å². The first-order valence-electron chi connectivity index (χ1n) is 7.79. The molecule has 4 heteroatoms. The molecule has 0 radical (unpaired) electrons. The average molecular weight is 279 g/mol. The summed E-state index contributed by atoms with van der Waals surface area (Å²) in [6, 6.07) is 0. The highest BCUT2D eigenvalue weighted by atomic mass is 16.5. The van der Waals surface area contributed by atoms with Crippen LogP contribution in [0.15, 0.2) is 6.20 Å². The van der Waals surface area contributed by atoms with Crippen LogP contribution in [0.25, 0.3) is 0 Å². The van der Waals surface area contributed by atoms with Gasteiger partial charge in [0.25, 0.3) is 0 Å². The molecule has 0 aromatic carbocycles. The number of rotatable bonds is 4. The lowest BCUT2D eigenvalue weighted by atomic mass is 9.83. The lowest BCUT2D eigenvalue weighted by Gasteiger charge is -2.33. The fourth-order valence-electron chi connectivity index (χ4n) is 3.02. The van der Waals surface area contributed by atoms with Gasteiger partial charge in [0.1, 0.15) is 0 Å². The van der Waals surface area contributed by atoms with Crippen LogP contribution in [0.5, 0.6) is 0 Å². The second-order valence-corrected chi connectivity index (χ2v) is 6.86. The van der Waals surface area contributed by atoms with Gasteiger partial charge in [0, 0.05) is 43.3 Å². The van der Waals surface area contributed by atoms with Crippen molar-refractivity contribution in [3.05, 3.63) is 17.5 Å². The molecule has 1 aromatic heterocycles.